The zero-order valence-corrected chi connectivity index (χ0v) is 11.7. The van der Waals surface area contributed by atoms with Crippen LogP contribution in [-0.4, -0.2) is 33.0 Å². The number of aromatic nitrogens is 1. The van der Waals surface area contributed by atoms with Crippen molar-refractivity contribution in [2.24, 2.45) is 0 Å². The second-order valence-electron chi connectivity index (χ2n) is 4.46. The van der Waals surface area contributed by atoms with Crippen molar-refractivity contribution < 1.29 is 9.90 Å². The summed E-state index contributed by atoms with van der Waals surface area (Å²) >= 11 is 1.64. The van der Waals surface area contributed by atoms with Crippen molar-refractivity contribution in [1.82, 2.24) is 9.88 Å². The molecule has 0 fully saturated rings. The zero-order chi connectivity index (χ0) is 13.1. The first kappa shape index (κ1) is 14.1. The van der Waals surface area contributed by atoms with Crippen molar-refractivity contribution in [2.75, 3.05) is 6.54 Å². The SMILES string of the molecule is CCc1nc(CN(CC)C(C)(C)C(=O)O)cs1. The molecule has 1 aromatic heterocycles. The Morgan fingerprint density at radius 1 is 1.53 bits per heavy atom. The van der Waals surface area contributed by atoms with Gasteiger partial charge in [-0.05, 0) is 26.8 Å². The number of hydrogen-bond acceptors (Lipinski definition) is 4. The Hall–Kier alpha value is -0.940. The Bertz CT molecular complexity index is 388. The van der Waals surface area contributed by atoms with Crippen LogP contribution in [0.3, 0.4) is 0 Å². The summed E-state index contributed by atoms with van der Waals surface area (Å²) in [5.74, 6) is -0.801. The molecule has 5 heteroatoms. The van der Waals surface area contributed by atoms with E-state index in [0.717, 1.165) is 17.1 Å². The number of rotatable bonds is 6. The van der Waals surface area contributed by atoms with Crippen LogP contribution in [0.4, 0.5) is 0 Å². The Kier molecular flexibility index (Phi) is 4.65. The Balaban J connectivity index is 2.79. The molecule has 1 rings (SSSR count). The van der Waals surface area contributed by atoms with Gasteiger partial charge in [0.2, 0.25) is 0 Å². The molecule has 1 N–H and O–H groups in total. The molecule has 0 radical (unpaired) electrons. The normalized spacial score (nSPS) is 12.1. The van der Waals surface area contributed by atoms with Gasteiger partial charge in [0.15, 0.2) is 0 Å². The van der Waals surface area contributed by atoms with E-state index in [9.17, 15) is 9.90 Å². The average Bonchev–Trinajstić information content (AvgIpc) is 2.73. The van der Waals surface area contributed by atoms with Crippen molar-refractivity contribution >= 4 is 17.3 Å². The fourth-order valence-corrected chi connectivity index (χ4v) is 2.36. The lowest BCUT2D eigenvalue weighted by Gasteiger charge is -2.33. The fourth-order valence-electron chi connectivity index (χ4n) is 1.62. The Morgan fingerprint density at radius 2 is 2.18 bits per heavy atom. The number of likely N-dealkylation sites (N-methyl/N-ethyl adjacent to an activating group) is 1. The van der Waals surface area contributed by atoms with Crippen LogP contribution < -0.4 is 0 Å². The smallest absolute Gasteiger partial charge is 0.323 e. The molecule has 4 nitrogen and oxygen atoms in total. The van der Waals surface area contributed by atoms with Gasteiger partial charge in [-0.3, -0.25) is 9.69 Å². The maximum atomic E-state index is 11.2. The van der Waals surface area contributed by atoms with Crippen molar-refractivity contribution in [2.45, 2.75) is 46.2 Å². The lowest BCUT2D eigenvalue weighted by molar-refractivity contribution is -0.149. The van der Waals surface area contributed by atoms with E-state index in [1.807, 2.05) is 17.2 Å². The molecule has 1 aromatic rings. The van der Waals surface area contributed by atoms with E-state index in [0.29, 0.717) is 13.1 Å². The van der Waals surface area contributed by atoms with E-state index in [-0.39, 0.29) is 0 Å². The summed E-state index contributed by atoms with van der Waals surface area (Å²) in [6.45, 7) is 8.78. The molecule has 0 spiro atoms. The zero-order valence-electron chi connectivity index (χ0n) is 10.9. The molecule has 0 amide bonds. The monoisotopic (exact) mass is 256 g/mol. The number of nitrogens with zero attached hydrogens (tertiary/aromatic N) is 2. The van der Waals surface area contributed by atoms with Crippen LogP contribution >= 0.6 is 11.3 Å². The van der Waals surface area contributed by atoms with E-state index in [2.05, 4.69) is 11.9 Å². The molecule has 0 unspecified atom stereocenters. The average molecular weight is 256 g/mol. The number of carboxylic acids is 1. The summed E-state index contributed by atoms with van der Waals surface area (Å²) in [7, 11) is 0. The van der Waals surface area contributed by atoms with E-state index < -0.39 is 11.5 Å². The van der Waals surface area contributed by atoms with Crippen LogP contribution in [0.25, 0.3) is 0 Å². The molecule has 96 valence electrons. The van der Waals surface area contributed by atoms with Gasteiger partial charge in [-0.1, -0.05) is 13.8 Å². The number of aliphatic carboxylic acids is 1. The van der Waals surface area contributed by atoms with Gasteiger partial charge < -0.3 is 5.11 Å². The number of carbonyl (C=O) groups is 1. The minimum Gasteiger partial charge on any atom is -0.480 e. The summed E-state index contributed by atoms with van der Waals surface area (Å²) < 4.78 is 0. The minimum atomic E-state index is -0.856. The van der Waals surface area contributed by atoms with E-state index in [4.69, 9.17) is 0 Å². The second-order valence-corrected chi connectivity index (χ2v) is 5.41. The van der Waals surface area contributed by atoms with Crippen molar-refractivity contribution in [3.8, 4) is 0 Å². The number of aryl methyl sites for hydroxylation is 1. The quantitative estimate of drug-likeness (QED) is 0.849. The lowest BCUT2D eigenvalue weighted by Crippen LogP contribution is -2.49. The number of thiazole rings is 1. The molecule has 0 saturated heterocycles. The van der Waals surface area contributed by atoms with Crippen LogP contribution in [0.2, 0.25) is 0 Å². The van der Waals surface area contributed by atoms with Crippen LogP contribution in [-0.2, 0) is 17.8 Å². The van der Waals surface area contributed by atoms with E-state index >= 15 is 0 Å². The molecular weight excluding hydrogens is 236 g/mol. The molecule has 0 atom stereocenters. The van der Waals surface area contributed by atoms with Gasteiger partial charge in [0, 0.05) is 11.9 Å². The molecule has 17 heavy (non-hydrogen) atoms. The second kappa shape index (κ2) is 5.60. The van der Waals surface area contributed by atoms with Crippen LogP contribution in [0.1, 0.15) is 38.4 Å². The third-order valence-corrected chi connectivity index (χ3v) is 3.99. The highest BCUT2D eigenvalue weighted by molar-refractivity contribution is 7.09. The van der Waals surface area contributed by atoms with Gasteiger partial charge in [-0.2, -0.15) is 0 Å². The highest BCUT2D eigenvalue weighted by Gasteiger charge is 2.33. The molecular formula is C12H20N2O2S. The van der Waals surface area contributed by atoms with Gasteiger partial charge in [0.1, 0.15) is 5.54 Å². The number of hydrogen-bond donors (Lipinski definition) is 1. The number of carboxylic acid groups (broad SMARTS) is 1. The van der Waals surface area contributed by atoms with Gasteiger partial charge in [0.25, 0.3) is 0 Å². The van der Waals surface area contributed by atoms with Crippen molar-refractivity contribution in [3.63, 3.8) is 0 Å². The third-order valence-electron chi connectivity index (χ3n) is 2.95. The summed E-state index contributed by atoms with van der Waals surface area (Å²) in [6, 6.07) is 0. The van der Waals surface area contributed by atoms with Gasteiger partial charge in [-0.15, -0.1) is 11.3 Å². The summed E-state index contributed by atoms with van der Waals surface area (Å²) in [6.07, 6.45) is 0.930. The summed E-state index contributed by atoms with van der Waals surface area (Å²) in [5, 5.41) is 12.3. The topological polar surface area (TPSA) is 53.4 Å². The van der Waals surface area contributed by atoms with Crippen molar-refractivity contribution in [3.05, 3.63) is 16.1 Å². The van der Waals surface area contributed by atoms with Crippen LogP contribution in [0, 0.1) is 0 Å². The molecule has 1 heterocycles. The molecule has 0 saturated carbocycles. The lowest BCUT2D eigenvalue weighted by atomic mass is 10.0. The molecule has 0 aliphatic carbocycles. The molecule has 0 aromatic carbocycles. The highest BCUT2D eigenvalue weighted by atomic mass is 32.1. The predicted molar refractivity (Wildman–Crippen MR) is 69.3 cm³/mol. The Labute approximate surface area is 106 Å². The van der Waals surface area contributed by atoms with Gasteiger partial charge in [-0.25, -0.2) is 4.98 Å². The molecule has 0 aliphatic heterocycles. The van der Waals surface area contributed by atoms with Crippen LogP contribution in [0.15, 0.2) is 5.38 Å². The van der Waals surface area contributed by atoms with Crippen LogP contribution in [0.5, 0.6) is 0 Å². The maximum absolute atomic E-state index is 11.2. The first-order valence-electron chi connectivity index (χ1n) is 5.83. The first-order chi connectivity index (χ1) is 7.91. The van der Waals surface area contributed by atoms with E-state index in [1.54, 1.807) is 25.2 Å². The fraction of sp³-hybridized carbons (Fsp3) is 0.667. The first-order valence-corrected chi connectivity index (χ1v) is 6.71. The molecule has 0 bridgehead atoms. The summed E-state index contributed by atoms with van der Waals surface area (Å²) in [5.41, 5.74) is 0.105. The maximum Gasteiger partial charge on any atom is 0.323 e. The minimum absolute atomic E-state index is 0.590. The predicted octanol–water partition coefficient (Wildman–Crippen LogP) is 2.39. The molecule has 0 aliphatic rings. The van der Waals surface area contributed by atoms with Gasteiger partial charge in [0.05, 0.1) is 10.7 Å². The largest absolute Gasteiger partial charge is 0.480 e. The standard InChI is InChI=1S/C12H20N2O2S/c1-5-10-13-9(8-17-10)7-14(6-2)12(3,4)11(15)16/h8H,5-7H2,1-4H3,(H,15,16). The highest BCUT2D eigenvalue weighted by Crippen LogP contribution is 2.19. The van der Waals surface area contributed by atoms with Crippen molar-refractivity contribution in [1.29, 1.82) is 0 Å². The summed E-state index contributed by atoms with van der Waals surface area (Å²) in [4.78, 5) is 17.6. The van der Waals surface area contributed by atoms with E-state index in [1.165, 1.54) is 0 Å². The third kappa shape index (κ3) is 3.26. The van der Waals surface area contributed by atoms with Gasteiger partial charge >= 0.3 is 5.97 Å². The Morgan fingerprint density at radius 3 is 2.59 bits per heavy atom.